The number of hydrogen-bond acceptors (Lipinski definition) is 3. The summed E-state index contributed by atoms with van der Waals surface area (Å²) in [7, 11) is 0. The van der Waals surface area contributed by atoms with Crippen LogP contribution in [0.5, 0.6) is 0 Å². The number of piperidine rings is 1. The van der Waals surface area contributed by atoms with Crippen molar-refractivity contribution in [3.05, 3.63) is 35.9 Å². The van der Waals surface area contributed by atoms with Crippen molar-refractivity contribution < 1.29 is 9.84 Å². The van der Waals surface area contributed by atoms with Crippen molar-refractivity contribution >= 4 is 12.4 Å². The van der Waals surface area contributed by atoms with E-state index in [1.54, 1.807) is 0 Å². The van der Waals surface area contributed by atoms with Crippen LogP contribution in [0.3, 0.4) is 0 Å². The molecule has 3 atom stereocenters. The zero-order valence-corrected chi connectivity index (χ0v) is 14.6. The highest BCUT2D eigenvalue weighted by molar-refractivity contribution is 5.85. The maximum Gasteiger partial charge on any atom is 0.0900 e. The van der Waals surface area contributed by atoms with E-state index in [9.17, 15) is 5.11 Å². The van der Waals surface area contributed by atoms with E-state index in [4.69, 9.17) is 4.74 Å². The molecule has 22 heavy (non-hydrogen) atoms. The number of benzene rings is 1. The Kier molecular flexibility index (Phi) is 9.03. The number of aliphatic hydroxyl groups excluding tert-OH is 1. The van der Waals surface area contributed by atoms with Crippen molar-refractivity contribution in [2.75, 3.05) is 26.2 Å². The molecule has 1 saturated heterocycles. The minimum atomic E-state index is -0.395. The van der Waals surface area contributed by atoms with Crippen LogP contribution in [-0.4, -0.2) is 42.4 Å². The molecule has 1 aromatic rings. The molecule has 1 heterocycles. The second-order valence-corrected chi connectivity index (χ2v) is 6.30. The second kappa shape index (κ2) is 10.2. The molecule has 3 unspecified atom stereocenters. The van der Waals surface area contributed by atoms with Gasteiger partial charge in [0.05, 0.1) is 18.8 Å². The number of ether oxygens (including phenoxy) is 1. The van der Waals surface area contributed by atoms with Gasteiger partial charge in [-0.25, -0.2) is 0 Å². The van der Waals surface area contributed by atoms with Gasteiger partial charge in [-0.1, -0.05) is 44.2 Å². The molecule has 3 nitrogen and oxygen atoms in total. The van der Waals surface area contributed by atoms with E-state index < -0.39 is 6.10 Å². The van der Waals surface area contributed by atoms with E-state index in [0.717, 1.165) is 32.0 Å². The fraction of sp³-hybridized carbons (Fsp3) is 0.667. The third-order valence-corrected chi connectivity index (χ3v) is 4.24. The summed E-state index contributed by atoms with van der Waals surface area (Å²) in [5.41, 5.74) is 1.19. The van der Waals surface area contributed by atoms with E-state index in [0.29, 0.717) is 6.61 Å². The third-order valence-electron chi connectivity index (χ3n) is 4.24. The zero-order valence-electron chi connectivity index (χ0n) is 13.8. The van der Waals surface area contributed by atoms with Gasteiger partial charge in [0.25, 0.3) is 0 Å². The van der Waals surface area contributed by atoms with Crippen LogP contribution in [-0.2, 0) is 4.74 Å². The average molecular weight is 328 g/mol. The highest BCUT2D eigenvalue weighted by atomic mass is 35.5. The Labute approximate surface area is 141 Å². The lowest BCUT2D eigenvalue weighted by Gasteiger charge is -2.32. The first kappa shape index (κ1) is 19.4. The lowest BCUT2D eigenvalue weighted by atomic mass is 10.00. The molecule has 1 aliphatic rings. The van der Waals surface area contributed by atoms with Gasteiger partial charge in [0.1, 0.15) is 0 Å². The van der Waals surface area contributed by atoms with E-state index in [2.05, 4.69) is 30.9 Å². The summed E-state index contributed by atoms with van der Waals surface area (Å²) in [5, 5.41) is 10.2. The minimum Gasteiger partial charge on any atom is -0.389 e. The van der Waals surface area contributed by atoms with Gasteiger partial charge in [-0.15, -0.1) is 12.4 Å². The molecular formula is C18H30ClNO2. The first-order valence-corrected chi connectivity index (χ1v) is 8.26. The van der Waals surface area contributed by atoms with E-state index in [1.165, 1.54) is 18.4 Å². The Morgan fingerprint density at radius 2 is 2.05 bits per heavy atom. The Morgan fingerprint density at radius 1 is 1.32 bits per heavy atom. The molecule has 0 spiro atoms. The molecule has 4 heteroatoms. The summed E-state index contributed by atoms with van der Waals surface area (Å²) < 4.78 is 5.93. The van der Waals surface area contributed by atoms with Crippen LogP contribution >= 0.6 is 12.4 Å². The molecule has 1 N–H and O–H groups in total. The van der Waals surface area contributed by atoms with Gasteiger partial charge in [-0.2, -0.15) is 0 Å². The van der Waals surface area contributed by atoms with Crippen molar-refractivity contribution in [3.63, 3.8) is 0 Å². The number of rotatable bonds is 7. The number of β-amino-alcohol motifs (C(OH)–C–C–N with tert-alkyl or cyclic N) is 1. The third kappa shape index (κ3) is 6.25. The van der Waals surface area contributed by atoms with Gasteiger partial charge < -0.3 is 14.7 Å². The van der Waals surface area contributed by atoms with Crippen LogP contribution in [0.15, 0.2) is 30.3 Å². The number of halogens is 1. The molecule has 0 radical (unpaired) electrons. The first-order chi connectivity index (χ1) is 10.2. The smallest absolute Gasteiger partial charge is 0.0900 e. The van der Waals surface area contributed by atoms with Crippen molar-refractivity contribution in [3.8, 4) is 0 Å². The van der Waals surface area contributed by atoms with Crippen molar-refractivity contribution in [2.45, 2.75) is 45.3 Å². The molecule has 1 fully saturated rings. The topological polar surface area (TPSA) is 32.7 Å². The van der Waals surface area contributed by atoms with Crippen LogP contribution < -0.4 is 0 Å². The van der Waals surface area contributed by atoms with Crippen LogP contribution in [0.4, 0.5) is 0 Å². The predicted molar refractivity (Wildman–Crippen MR) is 93.5 cm³/mol. The Bertz CT molecular complexity index is 401. The number of likely N-dealkylation sites (tertiary alicyclic amines) is 1. The van der Waals surface area contributed by atoms with Gasteiger partial charge in [0, 0.05) is 13.1 Å². The molecule has 0 amide bonds. The van der Waals surface area contributed by atoms with Crippen LogP contribution in [0.1, 0.15) is 44.8 Å². The molecule has 0 aromatic heterocycles. The SMILES string of the molecule is CCC(OCC(O)CN1CCCC(C)C1)c1ccccc1.Cl. The van der Waals surface area contributed by atoms with Gasteiger partial charge >= 0.3 is 0 Å². The largest absolute Gasteiger partial charge is 0.389 e. The standard InChI is InChI=1S/C18H29NO2.ClH/c1-3-18(16-9-5-4-6-10-16)21-14-17(20)13-19-11-7-8-15(2)12-19;/h4-6,9-10,15,17-18,20H,3,7-8,11-14H2,1-2H3;1H. The van der Waals surface area contributed by atoms with Crippen LogP contribution in [0.2, 0.25) is 0 Å². The monoisotopic (exact) mass is 327 g/mol. The predicted octanol–water partition coefficient (Wildman–Crippen LogP) is 3.67. The average Bonchev–Trinajstić information content (AvgIpc) is 2.49. The molecule has 0 bridgehead atoms. The molecule has 1 aliphatic heterocycles. The molecule has 1 aromatic carbocycles. The van der Waals surface area contributed by atoms with E-state index >= 15 is 0 Å². The Morgan fingerprint density at radius 3 is 2.68 bits per heavy atom. The summed E-state index contributed by atoms with van der Waals surface area (Å²) in [6.45, 7) is 7.77. The highest BCUT2D eigenvalue weighted by Crippen LogP contribution is 2.21. The first-order valence-electron chi connectivity index (χ1n) is 8.26. The maximum atomic E-state index is 10.2. The summed E-state index contributed by atoms with van der Waals surface area (Å²) in [6.07, 6.45) is 3.18. The number of hydrogen-bond donors (Lipinski definition) is 1. The van der Waals surface area contributed by atoms with Gasteiger partial charge in [0.2, 0.25) is 0 Å². The van der Waals surface area contributed by atoms with E-state index in [-0.39, 0.29) is 18.5 Å². The van der Waals surface area contributed by atoms with Crippen LogP contribution in [0, 0.1) is 5.92 Å². The normalized spacial score (nSPS) is 21.9. The Balaban J connectivity index is 0.00000242. The molecule has 0 aliphatic carbocycles. The molecular weight excluding hydrogens is 298 g/mol. The quantitative estimate of drug-likeness (QED) is 0.829. The van der Waals surface area contributed by atoms with Gasteiger partial charge in [-0.3, -0.25) is 0 Å². The highest BCUT2D eigenvalue weighted by Gasteiger charge is 2.20. The van der Waals surface area contributed by atoms with Crippen molar-refractivity contribution in [1.82, 2.24) is 4.90 Å². The summed E-state index contributed by atoms with van der Waals surface area (Å²) >= 11 is 0. The molecule has 126 valence electrons. The lowest BCUT2D eigenvalue weighted by molar-refractivity contribution is -0.0271. The van der Waals surface area contributed by atoms with Gasteiger partial charge in [-0.05, 0) is 37.3 Å². The summed E-state index contributed by atoms with van der Waals surface area (Å²) in [4.78, 5) is 2.37. The fourth-order valence-corrected chi connectivity index (χ4v) is 3.15. The minimum absolute atomic E-state index is 0. The number of aliphatic hydroxyl groups is 1. The van der Waals surface area contributed by atoms with E-state index in [1.807, 2.05) is 18.2 Å². The zero-order chi connectivity index (χ0) is 15.1. The van der Waals surface area contributed by atoms with Crippen LogP contribution in [0.25, 0.3) is 0 Å². The summed E-state index contributed by atoms with van der Waals surface area (Å²) in [6, 6.07) is 10.3. The maximum absolute atomic E-state index is 10.2. The Hall–Kier alpha value is -0.610. The van der Waals surface area contributed by atoms with Crippen molar-refractivity contribution in [2.24, 2.45) is 5.92 Å². The number of nitrogens with zero attached hydrogens (tertiary/aromatic N) is 1. The fourth-order valence-electron chi connectivity index (χ4n) is 3.15. The summed E-state index contributed by atoms with van der Waals surface area (Å²) in [5.74, 6) is 0.750. The lowest BCUT2D eigenvalue weighted by Crippen LogP contribution is -2.40. The second-order valence-electron chi connectivity index (χ2n) is 6.30. The van der Waals surface area contributed by atoms with Crippen molar-refractivity contribution in [1.29, 1.82) is 0 Å². The molecule has 0 saturated carbocycles. The molecule has 2 rings (SSSR count). The van der Waals surface area contributed by atoms with Gasteiger partial charge in [0.15, 0.2) is 0 Å².